The zero-order valence-electron chi connectivity index (χ0n) is 12.2. The first kappa shape index (κ1) is 12.9. The van der Waals surface area contributed by atoms with Crippen molar-refractivity contribution in [1.82, 2.24) is 0 Å². The summed E-state index contributed by atoms with van der Waals surface area (Å²) in [6.07, 6.45) is 3.46. The third-order valence-electron chi connectivity index (χ3n) is 5.72. The Labute approximate surface area is 114 Å². The van der Waals surface area contributed by atoms with Crippen molar-refractivity contribution in [3.63, 3.8) is 0 Å². The number of hydrogen-bond donors (Lipinski definition) is 0. The number of allylic oxidation sites excluding steroid dienone is 1. The normalized spacial score (nSPS) is 40.8. The highest BCUT2D eigenvalue weighted by molar-refractivity contribution is 5.97. The van der Waals surface area contributed by atoms with E-state index in [0.717, 1.165) is 30.4 Å². The van der Waals surface area contributed by atoms with Crippen LogP contribution in [-0.2, 0) is 14.3 Å². The molecule has 0 aromatic rings. The van der Waals surface area contributed by atoms with Gasteiger partial charge in [0.15, 0.2) is 5.78 Å². The fourth-order valence-electron chi connectivity index (χ4n) is 4.26. The second kappa shape index (κ2) is 3.71. The van der Waals surface area contributed by atoms with Crippen LogP contribution in [-0.4, -0.2) is 17.9 Å². The lowest BCUT2D eigenvalue weighted by atomic mass is 9.57. The van der Waals surface area contributed by atoms with Crippen LogP contribution in [0.1, 0.15) is 53.4 Å². The number of Topliss-reactive ketones (excluding diaryl/α,β-unsaturated/α-hetero) is 1. The lowest BCUT2D eigenvalue weighted by molar-refractivity contribution is -0.147. The fraction of sp³-hybridized carbons (Fsp3) is 0.750. The Morgan fingerprint density at radius 3 is 2.53 bits per heavy atom. The molecule has 2 aliphatic carbocycles. The average Bonchev–Trinajstić information content (AvgIpc) is 2.55. The first-order chi connectivity index (χ1) is 8.77. The predicted octanol–water partition coefficient (Wildman–Crippen LogP) is 3.03. The molecule has 1 heterocycles. The molecule has 1 aliphatic heterocycles. The first-order valence-electron chi connectivity index (χ1n) is 7.23. The van der Waals surface area contributed by atoms with Gasteiger partial charge in [-0.05, 0) is 56.6 Å². The minimum absolute atomic E-state index is 0.0554. The Morgan fingerprint density at radius 2 is 1.84 bits per heavy atom. The molecule has 0 bridgehead atoms. The van der Waals surface area contributed by atoms with Crippen LogP contribution in [0, 0.1) is 16.7 Å². The Kier molecular flexibility index (Phi) is 2.52. The van der Waals surface area contributed by atoms with Gasteiger partial charge in [0.05, 0.1) is 5.41 Å². The Bertz CT molecular complexity index is 500. The van der Waals surface area contributed by atoms with Crippen LogP contribution in [0.2, 0.25) is 0 Å². The highest BCUT2D eigenvalue weighted by atomic mass is 16.6. The van der Waals surface area contributed by atoms with Crippen molar-refractivity contribution in [2.75, 3.05) is 0 Å². The summed E-state index contributed by atoms with van der Waals surface area (Å²) in [5.74, 6) is 0.350. The molecule has 0 aromatic heterocycles. The van der Waals surface area contributed by atoms with Gasteiger partial charge in [-0.25, -0.2) is 0 Å². The first-order valence-corrected chi connectivity index (χ1v) is 7.23. The number of carbonyl (C=O) groups is 2. The fourth-order valence-corrected chi connectivity index (χ4v) is 4.26. The van der Waals surface area contributed by atoms with Crippen molar-refractivity contribution < 1.29 is 14.3 Å². The molecule has 0 N–H and O–H groups in total. The lowest BCUT2D eigenvalue weighted by Gasteiger charge is -2.46. The van der Waals surface area contributed by atoms with Gasteiger partial charge in [-0.1, -0.05) is 6.92 Å². The van der Waals surface area contributed by atoms with E-state index in [2.05, 4.69) is 6.92 Å². The molecule has 19 heavy (non-hydrogen) atoms. The number of fused-ring (bicyclic) bond motifs is 3. The summed E-state index contributed by atoms with van der Waals surface area (Å²) < 4.78 is 5.68. The van der Waals surface area contributed by atoms with E-state index in [1.165, 1.54) is 0 Å². The maximum atomic E-state index is 12.1. The predicted molar refractivity (Wildman–Crippen MR) is 71.4 cm³/mol. The van der Waals surface area contributed by atoms with Crippen molar-refractivity contribution in [2.45, 2.75) is 59.5 Å². The minimum Gasteiger partial charge on any atom is -0.457 e. The zero-order chi connectivity index (χ0) is 14.0. The van der Waals surface area contributed by atoms with Gasteiger partial charge in [0.2, 0.25) is 0 Å². The molecule has 2 fully saturated rings. The number of hydrogen-bond acceptors (Lipinski definition) is 3. The van der Waals surface area contributed by atoms with Crippen LogP contribution >= 0.6 is 0 Å². The standard InChI is InChI=1S/C16H22O3/c1-9-11(17)6-8-16(4)7-5-10-13(12(9)16)19-14(18)15(10,2)3/h10,13H,5-8H2,1-4H3/t10-,13+,16-/m0/s1. The molecule has 0 spiro atoms. The zero-order valence-corrected chi connectivity index (χ0v) is 12.2. The molecule has 0 radical (unpaired) electrons. The van der Waals surface area contributed by atoms with E-state index in [0.29, 0.717) is 6.42 Å². The second-order valence-electron chi connectivity index (χ2n) is 7.22. The summed E-state index contributed by atoms with van der Waals surface area (Å²) in [7, 11) is 0. The molecular formula is C16H22O3. The number of rotatable bonds is 0. The third kappa shape index (κ3) is 1.56. The van der Waals surface area contributed by atoms with Crippen LogP contribution in [0.4, 0.5) is 0 Å². The monoisotopic (exact) mass is 262 g/mol. The summed E-state index contributed by atoms with van der Waals surface area (Å²) >= 11 is 0. The van der Waals surface area contributed by atoms with Crippen molar-refractivity contribution in [2.24, 2.45) is 16.7 Å². The van der Waals surface area contributed by atoms with E-state index in [9.17, 15) is 9.59 Å². The molecule has 3 rings (SSSR count). The Balaban J connectivity index is 2.11. The van der Waals surface area contributed by atoms with Gasteiger partial charge >= 0.3 is 5.97 Å². The van der Waals surface area contributed by atoms with Crippen LogP contribution in [0.25, 0.3) is 0 Å². The third-order valence-corrected chi connectivity index (χ3v) is 5.72. The quantitative estimate of drug-likeness (QED) is 0.630. The molecule has 1 saturated heterocycles. The number of ketones is 1. The topological polar surface area (TPSA) is 43.4 Å². The maximum absolute atomic E-state index is 12.1. The molecule has 3 nitrogen and oxygen atoms in total. The summed E-state index contributed by atoms with van der Waals surface area (Å²) in [5.41, 5.74) is 1.62. The van der Waals surface area contributed by atoms with E-state index in [4.69, 9.17) is 4.74 Å². The van der Waals surface area contributed by atoms with E-state index < -0.39 is 5.41 Å². The summed E-state index contributed by atoms with van der Waals surface area (Å²) in [6.45, 7) is 8.09. The molecule has 3 atom stereocenters. The number of esters is 1. The summed E-state index contributed by atoms with van der Waals surface area (Å²) in [5, 5.41) is 0. The number of carbonyl (C=O) groups excluding carboxylic acids is 2. The van der Waals surface area contributed by atoms with Gasteiger partial charge in [-0.3, -0.25) is 9.59 Å². The molecule has 3 aliphatic rings. The molecule has 3 heteroatoms. The van der Waals surface area contributed by atoms with Crippen molar-refractivity contribution in [3.8, 4) is 0 Å². The SMILES string of the molecule is CC1=C2[C@@H]3OC(=O)C(C)(C)[C@H]3CC[C@@]2(C)CCC1=O. The van der Waals surface area contributed by atoms with Crippen LogP contribution in [0.5, 0.6) is 0 Å². The largest absolute Gasteiger partial charge is 0.457 e. The van der Waals surface area contributed by atoms with Crippen LogP contribution in [0.3, 0.4) is 0 Å². The number of ether oxygens (including phenoxy) is 1. The van der Waals surface area contributed by atoms with Gasteiger partial charge in [0.25, 0.3) is 0 Å². The highest BCUT2D eigenvalue weighted by Gasteiger charge is 2.58. The van der Waals surface area contributed by atoms with Crippen molar-refractivity contribution in [3.05, 3.63) is 11.1 Å². The molecule has 1 saturated carbocycles. The van der Waals surface area contributed by atoms with Gasteiger partial charge in [0.1, 0.15) is 6.10 Å². The molecule has 0 aromatic carbocycles. The molecule has 104 valence electrons. The van der Waals surface area contributed by atoms with E-state index in [1.54, 1.807) is 0 Å². The van der Waals surface area contributed by atoms with E-state index >= 15 is 0 Å². The Morgan fingerprint density at radius 1 is 1.16 bits per heavy atom. The molecule has 0 amide bonds. The van der Waals surface area contributed by atoms with E-state index in [-0.39, 0.29) is 29.2 Å². The van der Waals surface area contributed by atoms with Crippen molar-refractivity contribution in [1.29, 1.82) is 0 Å². The van der Waals surface area contributed by atoms with Crippen molar-refractivity contribution >= 4 is 11.8 Å². The van der Waals surface area contributed by atoms with Crippen LogP contribution in [0.15, 0.2) is 11.1 Å². The van der Waals surface area contributed by atoms with E-state index in [1.807, 2.05) is 20.8 Å². The summed E-state index contributed by atoms with van der Waals surface area (Å²) in [6, 6.07) is 0. The van der Waals surface area contributed by atoms with Gasteiger partial charge in [0, 0.05) is 12.3 Å². The lowest BCUT2D eigenvalue weighted by Crippen LogP contribution is -2.43. The highest BCUT2D eigenvalue weighted by Crippen LogP contribution is 2.57. The van der Waals surface area contributed by atoms with Gasteiger partial charge in [-0.2, -0.15) is 0 Å². The van der Waals surface area contributed by atoms with Gasteiger partial charge < -0.3 is 4.74 Å². The molecular weight excluding hydrogens is 240 g/mol. The smallest absolute Gasteiger partial charge is 0.312 e. The van der Waals surface area contributed by atoms with Crippen LogP contribution < -0.4 is 0 Å². The van der Waals surface area contributed by atoms with Gasteiger partial charge in [-0.15, -0.1) is 0 Å². The maximum Gasteiger partial charge on any atom is 0.312 e. The Hall–Kier alpha value is -1.12. The molecule has 0 unspecified atom stereocenters. The second-order valence-corrected chi connectivity index (χ2v) is 7.22. The summed E-state index contributed by atoms with van der Waals surface area (Å²) in [4.78, 5) is 24.1. The average molecular weight is 262 g/mol. The minimum atomic E-state index is -0.417.